The zero-order chi connectivity index (χ0) is 22.1. The summed E-state index contributed by atoms with van der Waals surface area (Å²) in [5.74, 6) is 0.231. The minimum absolute atomic E-state index is 0.143. The lowest BCUT2D eigenvalue weighted by Gasteiger charge is -2.27. The minimum Gasteiger partial charge on any atom is -0.379 e. The van der Waals surface area contributed by atoms with Crippen LogP contribution in [-0.2, 0) is 26.1 Å². The number of fused-ring (bicyclic) bond motifs is 1. The van der Waals surface area contributed by atoms with E-state index < -0.39 is 16.1 Å². The van der Waals surface area contributed by atoms with Crippen molar-refractivity contribution in [3.05, 3.63) is 59.7 Å². The summed E-state index contributed by atoms with van der Waals surface area (Å²) in [7, 11) is -3.72. The van der Waals surface area contributed by atoms with Crippen molar-refractivity contribution in [3.8, 4) is 0 Å². The molecule has 2 aromatic rings. The topological polar surface area (TPSA) is 91.3 Å². The number of amides is 1. The fourth-order valence-electron chi connectivity index (χ4n) is 4.58. The Bertz CT molecular complexity index is 1160. The van der Waals surface area contributed by atoms with Gasteiger partial charge in [0.25, 0.3) is 10.0 Å². The summed E-state index contributed by atoms with van der Waals surface area (Å²) in [6.45, 7) is 4.71. The van der Waals surface area contributed by atoms with Crippen molar-refractivity contribution in [1.29, 1.82) is 0 Å². The first-order valence-corrected chi connectivity index (χ1v) is 12.4. The maximum absolute atomic E-state index is 13.2. The lowest BCUT2D eigenvalue weighted by molar-refractivity contribution is -0.119. The van der Waals surface area contributed by atoms with E-state index in [0.29, 0.717) is 24.4 Å². The van der Waals surface area contributed by atoms with Crippen molar-refractivity contribution in [2.24, 2.45) is 4.40 Å². The highest BCUT2D eigenvalue weighted by molar-refractivity contribution is 7.90. The first-order chi connectivity index (χ1) is 15.5. The zero-order valence-electron chi connectivity index (χ0n) is 17.7. The van der Waals surface area contributed by atoms with Gasteiger partial charge in [-0.1, -0.05) is 24.3 Å². The van der Waals surface area contributed by atoms with E-state index in [1.165, 1.54) is 0 Å². The normalized spacial score (nSPS) is 22.4. The highest BCUT2D eigenvalue weighted by Gasteiger charge is 2.39. The Morgan fingerprint density at radius 1 is 1.09 bits per heavy atom. The van der Waals surface area contributed by atoms with E-state index in [1.54, 1.807) is 24.3 Å². The molecule has 1 atom stereocenters. The lowest BCUT2D eigenvalue weighted by Crippen LogP contribution is -2.43. The van der Waals surface area contributed by atoms with Gasteiger partial charge in [0.15, 0.2) is 5.84 Å². The second-order valence-electron chi connectivity index (χ2n) is 8.32. The Balaban J connectivity index is 1.31. The van der Waals surface area contributed by atoms with Gasteiger partial charge in [-0.2, -0.15) is 8.42 Å². The molecule has 5 rings (SSSR count). The van der Waals surface area contributed by atoms with Crippen LogP contribution in [0.25, 0.3) is 0 Å². The largest absolute Gasteiger partial charge is 0.379 e. The molecule has 1 amide bonds. The lowest BCUT2D eigenvalue weighted by atomic mass is 10.1. The van der Waals surface area contributed by atoms with Gasteiger partial charge in [-0.05, 0) is 42.7 Å². The Morgan fingerprint density at radius 3 is 2.75 bits per heavy atom. The molecule has 3 aliphatic heterocycles. The maximum Gasteiger partial charge on any atom is 0.285 e. The minimum atomic E-state index is -3.72. The molecule has 0 unspecified atom stereocenters. The third kappa shape index (κ3) is 4.15. The molecular weight excluding hydrogens is 428 g/mol. The predicted molar refractivity (Wildman–Crippen MR) is 121 cm³/mol. The number of anilines is 1. The fraction of sp³-hybridized carbons (Fsp3) is 0.391. The van der Waals surface area contributed by atoms with Crippen LogP contribution in [0, 0.1) is 0 Å². The van der Waals surface area contributed by atoms with E-state index in [2.05, 4.69) is 20.7 Å². The first-order valence-electron chi connectivity index (χ1n) is 10.9. The molecule has 168 valence electrons. The number of ether oxygens (including phenoxy) is 1. The van der Waals surface area contributed by atoms with Crippen molar-refractivity contribution < 1.29 is 17.9 Å². The standard InChI is InChI=1S/C23H26N4O4S/c28-23(24-18-6-3-5-17(15-18)16-26-11-13-31-14-12-26)20-8-4-10-27(20)22-19-7-1-2-9-21(19)32(29,30)25-22/h1-3,5-7,9,15,20H,4,8,10-14,16H2,(H,24,28)/t20-/m0/s1. The number of likely N-dealkylation sites (tertiary alicyclic amines) is 1. The highest BCUT2D eigenvalue weighted by atomic mass is 32.2. The summed E-state index contributed by atoms with van der Waals surface area (Å²) >= 11 is 0. The molecule has 0 bridgehead atoms. The second kappa shape index (κ2) is 8.65. The van der Waals surface area contributed by atoms with E-state index in [0.717, 1.165) is 50.5 Å². The van der Waals surface area contributed by atoms with Gasteiger partial charge in [-0.3, -0.25) is 9.69 Å². The quantitative estimate of drug-likeness (QED) is 0.761. The number of amidine groups is 1. The molecule has 3 heterocycles. The van der Waals surface area contributed by atoms with Gasteiger partial charge in [0.1, 0.15) is 10.9 Å². The van der Waals surface area contributed by atoms with E-state index in [1.807, 2.05) is 23.1 Å². The third-order valence-electron chi connectivity index (χ3n) is 6.14. The molecule has 3 aliphatic rings. The summed E-state index contributed by atoms with van der Waals surface area (Å²) < 4.78 is 34.3. The molecule has 1 N–H and O–H groups in total. The monoisotopic (exact) mass is 454 g/mol. The molecular formula is C23H26N4O4S. The number of nitrogens with one attached hydrogen (secondary N) is 1. The van der Waals surface area contributed by atoms with Crippen molar-refractivity contribution in [2.75, 3.05) is 38.2 Å². The summed E-state index contributed by atoms with van der Waals surface area (Å²) in [6.07, 6.45) is 1.46. The summed E-state index contributed by atoms with van der Waals surface area (Å²) in [5.41, 5.74) is 2.45. The third-order valence-corrected chi connectivity index (χ3v) is 7.47. The van der Waals surface area contributed by atoms with Crippen molar-refractivity contribution in [1.82, 2.24) is 9.80 Å². The Kier molecular flexibility index (Phi) is 5.71. The van der Waals surface area contributed by atoms with Gasteiger partial charge in [-0.25, -0.2) is 0 Å². The highest BCUT2D eigenvalue weighted by Crippen LogP contribution is 2.31. The molecule has 2 saturated heterocycles. The number of nitrogens with zero attached hydrogens (tertiary/aromatic N) is 3. The molecule has 0 aliphatic carbocycles. The number of sulfonamides is 1. The molecule has 8 nitrogen and oxygen atoms in total. The van der Waals surface area contributed by atoms with Crippen LogP contribution in [-0.4, -0.2) is 68.9 Å². The number of carbonyl (C=O) groups is 1. The Labute approximate surface area is 187 Å². The first kappa shape index (κ1) is 21.1. The van der Waals surface area contributed by atoms with E-state index in [4.69, 9.17) is 4.74 Å². The average molecular weight is 455 g/mol. The van der Waals surface area contributed by atoms with Crippen LogP contribution in [0.3, 0.4) is 0 Å². The molecule has 0 radical (unpaired) electrons. The average Bonchev–Trinajstić information content (AvgIpc) is 3.38. The number of benzene rings is 2. The van der Waals surface area contributed by atoms with E-state index in [9.17, 15) is 13.2 Å². The van der Waals surface area contributed by atoms with Gasteiger partial charge < -0.3 is 15.0 Å². The number of rotatable bonds is 4. The number of hydrogen-bond acceptors (Lipinski definition) is 6. The van der Waals surface area contributed by atoms with Gasteiger partial charge in [0.2, 0.25) is 5.91 Å². The molecule has 32 heavy (non-hydrogen) atoms. The molecule has 2 fully saturated rings. The Morgan fingerprint density at radius 2 is 1.91 bits per heavy atom. The van der Waals surface area contributed by atoms with Crippen LogP contribution in [0.4, 0.5) is 5.69 Å². The SMILES string of the molecule is O=C(Nc1cccc(CN2CCOCC2)c1)[C@@H]1CCCN1C1=NS(=O)(=O)c2ccccc21. The summed E-state index contributed by atoms with van der Waals surface area (Å²) in [6, 6.07) is 14.2. The molecule has 2 aromatic carbocycles. The maximum atomic E-state index is 13.2. The van der Waals surface area contributed by atoms with Crippen LogP contribution in [0.5, 0.6) is 0 Å². The predicted octanol–water partition coefficient (Wildman–Crippen LogP) is 2.07. The molecule has 0 saturated carbocycles. The van der Waals surface area contributed by atoms with Crippen molar-refractivity contribution in [2.45, 2.75) is 30.3 Å². The van der Waals surface area contributed by atoms with Gasteiger partial charge in [0.05, 0.1) is 13.2 Å². The molecule has 0 spiro atoms. The van der Waals surface area contributed by atoms with Crippen LogP contribution >= 0.6 is 0 Å². The summed E-state index contributed by atoms with van der Waals surface area (Å²) in [4.78, 5) is 17.5. The Hall–Kier alpha value is -2.75. The number of carbonyl (C=O) groups excluding carboxylic acids is 1. The second-order valence-corrected chi connectivity index (χ2v) is 9.89. The summed E-state index contributed by atoms with van der Waals surface area (Å²) in [5, 5.41) is 3.03. The van der Waals surface area contributed by atoms with Crippen molar-refractivity contribution in [3.63, 3.8) is 0 Å². The van der Waals surface area contributed by atoms with Gasteiger partial charge >= 0.3 is 0 Å². The van der Waals surface area contributed by atoms with E-state index in [-0.39, 0.29) is 10.8 Å². The smallest absolute Gasteiger partial charge is 0.285 e. The zero-order valence-corrected chi connectivity index (χ0v) is 18.6. The number of hydrogen-bond donors (Lipinski definition) is 1. The van der Waals surface area contributed by atoms with Crippen LogP contribution in [0.1, 0.15) is 24.0 Å². The van der Waals surface area contributed by atoms with Crippen LogP contribution in [0.2, 0.25) is 0 Å². The fourth-order valence-corrected chi connectivity index (χ4v) is 5.80. The van der Waals surface area contributed by atoms with Gasteiger partial charge in [-0.15, -0.1) is 4.40 Å². The van der Waals surface area contributed by atoms with Gasteiger partial charge in [0, 0.05) is 37.4 Å². The van der Waals surface area contributed by atoms with Crippen molar-refractivity contribution >= 4 is 27.5 Å². The molecule has 0 aromatic heterocycles. The number of morpholine rings is 1. The molecule has 9 heteroatoms. The van der Waals surface area contributed by atoms with Crippen LogP contribution < -0.4 is 5.32 Å². The van der Waals surface area contributed by atoms with Crippen LogP contribution in [0.15, 0.2) is 57.8 Å². The van der Waals surface area contributed by atoms with E-state index >= 15 is 0 Å².